The van der Waals surface area contributed by atoms with Crippen LogP contribution in [0.25, 0.3) is 0 Å². The molecule has 0 spiro atoms. The van der Waals surface area contributed by atoms with E-state index in [9.17, 15) is 13.5 Å². The number of rotatable bonds is 5. The van der Waals surface area contributed by atoms with Gasteiger partial charge >= 0.3 is 0 Å². The highest BCUT2D eigenvalue weighted by Gasteiger charge is 2.58. The summed E-state index contributed by atoms with van der Waals surface area (Å²) < 4.78 is 37.5. The Morgan fingerprint density at radius 1 is 1.00 bits per heavy atom. The maximum Gasteiger partial charge on any atom is 0.179 e. The van der Waals surface area contributed by atoms with E-state index in [1.807, 2.05) is 6.92 Å². The van der Waals surface area contributed by atoms with Crippen molar-refractivity contribution in [2.75, 3.05) is 20.0 Å². The molecule has 2 saturated carbocycles. The van der Waals surface area contributed by atoms with Gasteiger partial charge in [0.1, 0.15) is 11.5 Å². The molecule has 0 bridgehead atoms. The van der Waals surface area contributed by atoms with Gasteiger partial charge in [0, 0.05) is 12.0 Å². The molecule has 2 aliphatic carbocycles. The van der Waals surface area contributed by atoms with Crippen molar-refractivity contribution in [3.63, 3.8) is 0 Å². The van der Waals surface area contributed by atoms with Gasteiger partial charge in [-0.25, -0.2) is 8.42 Å². The van der Waals surface area contributed by atoms with Crippen LogP contribution < -0.4 is 9.47 Å². The summed E-state index contributed by atoms with van der Waals surface area (Å²) in [6.45, 7) is 8.63. The SMILES string of the molecule is COc1cc(OC)cc(S(=O)(=O)CC2[C@](C)(O)CC[C@H]3C(C)(C)CCC[C@]23C)c1. The highest BCUT2D eigenvalue weighted by atomic mass is 32.2. The Kier molecular flexibility index (Phi) is 5.76. The molecule has 0 saturated heterocycles. The van der Waals surface area contributed by atoms with Crippen LogP contribution in [0.15, 0.2) is 23.1 Å². The standard InChI is InChI=1S/C23H36O5S/c1-21(2)9-7-10-22(3)19(21)8-11-23(4,24)20(22)15-29(25,26)18-13-16(27-5)12-17(14-18)28-6/h12-14,19-20,24H,7-11,15H2,1-6H3/t19-,20?,22-,23+/m0/s1. The molecule has 1 aromatic carbocycles. The molecule has 1 aromatic rings. The first-order valence-electron chi connectivity index (χ1n) is 10.5. The molecule has 0 amide bonds. The van der Waals surface area contributed by atoms with Crippen LogP contribution in [-0.2, 0) is 9.84 Å². The molecular formula is C23H36O5S. The zero-order chi connectivity index (χ0) is 21.7. The fourth-order valence-corrected chi connectivity index (χ4v) is 8.23. The summed E-state index contributed by atoms with van der Waals surface area (Å²) in [7, 11) is -0.629. The van der Waals surface area contributed by atoms with Gasteiger partial charge in [-0.1, -0.05) is 27.2 Å². The first kappa shape index (κ1) is 22.4. The van der Waals surface area contributed by atoms with Crippen LogP contribution in [0.2, 0.25) is 0 Å². The number of hydrogen-bond acceptors (Lipinski definition) is 5. The zero-order valence-electron chi connectivity index (χ0n) is 18.6. The average molecular weight is 425 g/mol. The van der Waals surface area contributed by atoms with E-state index in [0.29, 0.717) is 23.8 Å². The maximum atomic E-state index is 13.5. The summed E-state index contributed by atoms with van der Waals surface area (Å²) in [5.74, 6) is 0.904. The van der Waals surface area contributed by atoms with Crippen LogP contribution in [-0.4, -0.2) is 39.1 Å². The Labute approximate surface area is 175 Å². The third kappa shape index (κ3) is 4.02. The minimum absolute atomic E-state index is 0.0700. The highest BCUT2D eigenvalue weighted by Crippen LogP contribution is 2.62. The first-order valence-corrected chi connectivity index (χ1v) is 12.2. The number of hydrogen-bond donors (Lipinski definition) is 1. The van der Waals surface area contributed by atoms with Crippen molar-refractivity contribution in [3.05, 3.63) is 18.2 Å². The van der Waals surface area contributed by atoms with E-state index < -0.39 is 15.4 Å². The topological polar surface area (TPSA) is 72.8 Å². The smallest absolute Gasteiger partial charge is 0.179 e. The van der Waals surface area contributed by atoms with Crippen LogP contribution in [0.4, 0.5) is 0 Å². The van der Waals surface area contributed by atoms with Crippen molar-refractivity contribution in [1.82, 2.24) is 0 Å². The van der Waals surface area contributed by atoms with Crippen LogP contribution >= 0.6 is 0 Å². The second-order valence-electron chi connectivity index (χ2n) is 10.2. The number of ether oxygens (including phenoxy) is 2. The van der Waals surface area contributed by atoms with E-state index in [-0.39, 0.29) is 27.4 Å². The van der Waals surface area contributed by atoms with Gasteiger partial charge in [-0.2, -0.15) is 0 Å². The van der Waals surface area contributed by atoms with Gasteiger partial charge in [-0.3, -0.25) is 0 Å². The van der Waals surface area contributed by atoms with Crippen molar-refractivity contribution in [3.8, 4) is 11.5 Å². The Bertz CT molecular complexity index is 836. The molecule has 3 rings (SSSR count). The molecule has 0 aliphatic heterocycles. The molecule has 1 N–H and O–H groups in total. The summed E-state index contributed by atoms with van der Waals surface area (Å²) in [6.07, 6.45) is 4.76. The minimum atomic E-state index is -3.64. The number of fused-ring (bicyclic) bond motifs is 1. The molecule has 2 aliphatic rings. The van der Waals surface area contributed by atoms with E-state index in [1.165, 1.54) is 14.2 Å². The molecule has 0 aromatic heterocycles. The van der Waals surface area contributed by atoms with Gasteiger partial charge in [0.05, 0.1) is 30.5 Å². The zero-order valence-corrected chi connectivity index (χ0v) is 19.4. The van der Waals surface area contributed by atoms with E-state index >= 15 is 0 Å². The summed E-state index contributed by atoms with van der Waals surface area (Å²) in [5, 5.41) is 11.3. The lowest BCUT2D eigenvalue weighted by Gasteiger charge is -2.61. The van der Waals surface area contributed by atoms with Crippen molar-refractivity contribution < 1.29 is 23.0 Å². The lowest BCUT2D eigenvalue weighted by atomic mass is 9.46. The lowest BCUT2D eigenvalue weighted by Crippen LogP contribution is -2.59. The van der Waals surface area contributed by atoms with Gasteiger partial charge in [-0.05, 0) is 61.5 Å². The summed E-state index contributed by atoms with van der Waals surface area (Å²) in [5.41, 5.74) is -1.06. The second kappa shape index (κ2) is 7.45. The number of methoxy groups -OCH3 is 2. The van der Waals surface area contributed by atoms with Gasteiger partial charge in [0.25, 0.3) is 0 Å². The van der Waals surface area contributed by atoms with Crippen LogP contribution in [0.1, 0.15) is 59.8 Å². The normalized spacial score (nSPS) is 34.3. The molecule has 2 fully saturated rings. The Balaban J connectivity index is 2.02. The summed E-state index contributed by atoms with van der Waals surface area (Å²) in [4.78, 5) is 0.185. The molecule has 5 nitrogen and oxygen atoms in total. The van der Waals surface area contributed by atoms with Crippen LogP contribution in [0.3, 0.4) is 0 Å². The van der Waals surface area contributed by atoms with Crippen molar-refractivity contribution in [1.29, 1.82) is 0 Å². The molecule has 29 heavy (non-hydrogen) atoms. The third-order valence-electron chi connectivity index (χ3n) is 7.83. The second-order valence-corrected chi connectivity index (χ2v) is 12.2. The predicted molar refractivity (Wildman–Crippen MR) is 114 cm³/mol. The predicted octanol–water partition coefficient (Wildman–Crippen LogP) is 4.47. The molecule has 4 atom stereocenters. The third-order valence-corrected chi connectivity index (χ3v) is 9.56. The molecule has 0 heterocycles. The Hall–Kier alpha value is -1.27. The van der Waals surface area contributed by atoms with E-state index in [0.717, 1.165) is 25.7 Å². The van der Waals surface area contributed by atoms with E-state index in [2.05, 4.69) is 20.8 Å². The Morgan fingerprint density at radius 2 is 1.59 bits per heavy atom. The fraction of sp³-hybridized carbons (Fsp3) is 0.739. The maximum absolute atomic E-state index is 13.5. The molecular weight excluding hydrogens is 388 g/mol. The van der Waals surface area contributed by atoms with Crippen molar-refractivity contribution >= 4 is 9.84 Å². The largest absolute Gasteiger partial charge is 0.497 e. The van der Waals surface area contributed by atoms with Gasteiger partial charge < -0.3 is 14.6 Å². The van der Waals surface area contributed by atoms with Crippen molar-refractivity contribution in [2.24, 2.45) is 22.7 Å². The number of sulfone groups is 1. The first-order chi connectivity index (χ1) is 13.4. The highest BCUT2D eigenvalue weighted by molar-refractivity contribution is 7.91. The lowest BCUT2D eigenvalue weighted by molar-refractivity contribution is -0.158. The number of aliphatic hydroxyl groups is 1. The van der Waals surface area contributed by atoms with Gasteiger partial charge in [0.15, 0.2) is 9.84 Å². The fourth-order valence-electron chi connectivity index (χ4n) is 6.27. The Morgan fingerprint density at radius 3 is 2.14 bits per heavy atom. The molecule has 0 radical (unpaired) electrons. The van der Waals surface area contributed by atoms with Gasteiger partial charge in [0.2, 0.25) is 0 Å². The average Bonchev–Trinajstić information content (AvgIpc) is 2.63. The molecule has 164 valence electrons. The molecule has 6 heteroatoms. The van der Waals surface area contributed by atoms with Crippen molar-refractivity contribution in [2.45, 2.75) is 70.3 Å². The monoisotopic (exact) mass is 424 g/mol. The van der Waals surface area contributed by atoms with Crippen LogP contribution in [0, 0.1) is 22.7 Å². The molecule has 1 unspecified atom stereocenters. The van der Waals surface area contributed by atoms with E-state index in [1.54, 1.807) is 18.2 Å². The number of benzene rings is 1. The summed E-state index contributed by atoms with van der Waals surface area (Å²) >= 11 is 0. The quantitative estimate of drug-likeness (QED) is 0.755. The minimum Gasteiger partial charge on any atom is -0.497 e. The summed E-state index contributed by atoms with van der Waals surface area (Å²) in [6, 6.07) is 4.75. The van der Waals surface area contributed by atoms with Gasteiger partial charge in [-0.15, -0.1) is 0 Å². The van der Waals surface area contributed by atoms with Crippen LogP contribution in [0.5, 0.6) is 11.5 Å². The van der Waals surface area contributed by atoms with E-state index in [4.69, 9.17) is 9.47 Å².